The molecule has 5 nitrogen and oxygen atoms in total. The maximum absolute atomic E-state index is 12.5. The summed E-state index contributed by atoms with van der Waals surface area (Å²) < 4.78 is 5.63. The molecular formula is C20H28N2O3. The molecule has 5 heteroatoms. The van der Waals surface area contributed by atoms with Gasteiger partial charge in [0.25, 0.3) is 0 Å². The third-order valence-electron chi connectivity index (χ3n) is 4.26. The van der Waals surface area contributed by atoms with Gasteiger partial charge in [0, 0.05) is 24.0 Å². The molecule has 0 fully saturated rings. The molecule has 0 aliphatic heterocycles. The maximum atomic E-state index is 12.5. The second kappa shape index (κ2) is 7.72. The van der Waals surface area contributed by atoms with E-state index in [-0.39, 0.29) is 30.8 Å². The fourth-order valence-corrected chi connectivity index (χ4v) is 2.97. The average molecular weight is 344 g/mol. The molecule has 1 heterocycles. The van der Waals surface area contributed by atoms with E-state index in [4.69, 9.17) is 4.42 Å². The summed E-state index contributed by atoms with van der Waals surface area (Å²) in [7, 11) is 1.65. The summed E-state index contributed by atoms with van der Waals surface area (Å²) in [5, 5.41) is 3.77. The van der Waals surface area contributed by atoms with Gasteiger partial charge in [0.2, 0.25) is 11.8 Å². The highest BCUT2D eigenvalue weighted by atomic mass is 16.3. The third-order valence-corrected chi connectivity index (χ3v) is 4.26. The van der Waals surface area contributed by atoms with Crippen LogP contribution in [0.25, 0.3) is 11.0 Å². The van der Waals surface area contributed by atoms with Gasteiger partial charge in [-0.2, -0.15) is 0 Å². The van der Waals surface area contributed by atoms with Crippen molar-refractivity contribution in [3.05, 3.63) is 35.1 Å². The maximum Gasteiger partial charge on any atom is 0.239 e. The number of carbonyl (C=O) groups excluding carboxylic acids is 2. The van der Waals surface area contributed by atoms with E-state index in [0.29, 0.717) is 5.92 Å². The number of aryl methyl sites for hydroxylation is 1. The van der Waals surface area contributed by atoms with Crippen molar-refractivity contribution >= 4 is 22.8 Å². The fraction of sp³-hybridized carbons (Fsp3) is 0.500. The third kappa shape index (κ3) is 4.62. The predicted molar refractivity (Wildman–Crippen MR) is 99.7 cm³/mol. The Labute approximate surface area is 149 Å². The number of rotatable bonds is 6. The van der Waals surface area contributed by atoms with Crippen LogP contribution in [0.2, 0.25) is 0 Å². The molecule has 2 aromatic rings. The minimum atomic E-state index is -0.152. The number of nitrogens with one attached hydrogen (secondary N) is 1. The molecule has 0 saturated carbocycles. The van der Waals surface area contributed by atoms with Crippen LogP contribution in [0.4, 0.5) is 0 Å². The summed E-state index contributed by atoms with van der Waals surface area (Å²) >= 11 is 0. The number of amides is 2. The molecule has 0 radical (unpaired) electrons. The van der Waals surface area contributed by atoms with Gasteiger partial charge in [-0.1, -0.05) is 13.8 Å². The van der Waals surface area contributed by atoms with Crippen LogP contribution in [0.5, 0.6) is 0 Å². The van der Waals surface area contributed by atoms with E-state index in [1.165, 1.54) is 16.0 Å². The molecule has 1 N–H and O–H groups in total. The summed E-state index contributed by atoms with van der Waals surface area (Å²) in [6.07, 6.45) is 1.87. The van der Waals surface area contributed by atoms with Gasteiger partial charge >= 0.3 is 0 Å². The molecule has 0 saturated heterocycles. The molecule has 2 amide bonds. The summed E-state index contributed by atoms with van der Waals surface area (Å²) in [5.41, 5.74) is 4.10. The zero-order valence-electron chi connectivity index (χ0n) is 16.0. The van der Waals surface area contributed by atoms with Crippen molar-refractivity contribution in [3.63, 3.8) is 0 Å². The van der Waals surface area contributed by atoms with E-state index in [2.05, 4.69) is 32.2 Å². The van der Waals surface area contributed by atoms with Gasteiger partial charge in [0.15, 0.2) is 0 Å². The number of hydrogen-bond acceptors (Lipinski definition) is 3. The molecule has 0 aliphatic carbocycles. The van der Waals surface area contributed by atoms with Gasteiger partial charge in [0.05, 0.1) is 19.2 Å². The van der Waals surface area contributed by atoms with E-state index in [1.807, 2.05) is 19.9 Å². The molecule has 1 aromatic heterocycles. The normalized spacial score (nSPS) is 11.4. The first-order valence-corrected chi connectivity index (χ1v) is 8.73. The Morgan fingerprint density at radius 2 is 1.88 bits per heavy atom. The van der Waals surface area contributed by atoms with Crippen LogP contribution < -0.4 is 5.32 Å². The zero-order valence-corrected chi connectivity index (χ0v) is 16.0. The van der Waals surface area contributed by atoms with Gasteiger partial charge in [-0.05, 0) is 49.9 Å². The lowest BCUT2D eigenvalue weighted by Crippen LogP contribution is -2.41. The fourth-order valence-electron chi connectivity index (χ4n) is 2.97. The number of fused-ring (bicyclic) bond motifs is 1. The first-order valence-electron chi connectivity index (χ1n) is 8.73. The minimum absolute atomic E-state index is 0.0587. The van der Waals surface area contributed by atoms with Crippen LogP contribution >= 0.6 is 0 Å². The number of likely N-dealkylation sites (N-methyl/N-ethyl adjacent to an activating group) is 1. The van der Waals surface area contributed by atoms with Crippen molar-refractivity contribution in [2.24, 2.45) is 0 Å². The molecule has 2 rings (SSSR count). The van der Waals surface area contributed by atoms with E-state index in [0.717, 1.165) is 16.5 Å². The Hall–Kier alpha value is -2.30. The van der Waals surface area contributed by atoms with Crippen LogP contribution in [0.15, 0.2) is 22.8 Å². The van der Waals surface area contributed by atoms with Gasteiger partial charge in [-0.15, -0.1) is 0 Å². The van der Waals surface area contributed by atoms with Crippen LogP contribution in [-0.4, -0.2) is 36.3 Å². The standard InChI is InChI=1S/C20H28N2O3/c1-12(2)16-9-17-15(11-25-18(17)7-14(16)5)8-20(24)22(6)10-19(23)21-13(3)4/h7,9,11-13H,8,10H2,1-6H3,(H,21,23). The minimum Gasteiger partial charge on any atom is -0.464 e. The van der Waals surface area contributed by atoms with E-state index >= 15 is 0 Å². The van der Waals surface area contributed by atoms with E-state index < -0.39 is 0 Å². The molecule has 0 atom stereocenters. The topological polar surface area (TPSA) is 62.6 Å². The SMILES string of the molecule is Cc1cc2occ(CC(=O)N(C)CC(=O)NC(C)C)c2cc1C(C)C. The molecule has 136 valence electrons. The molecule has 0 spiro atoms. The first kappa shape index (κ1) is 19.0. The lowest BCUT2D eigenvalue weighted by atomic mass is 9.95. The molecule has 0 unspecified atom stereocenters. The lowest BCUT2D eigenvalue weighted by Gasteiger charge is -2.17. The van der Waals surface area contributed by atoms with Gasteiger partial charge in [0.1, 0.15) is 5.58 Å². The monoisotopic (exact) mass is 344 g/mol. The first-order chi connectivity index (χ1) is 11.7. The van der Waals surface area contributed by atoms with Crippen LogP contribution in [0, 0.1) is 6.92 Å². The quantitative estimate of drug-likeness (QED) is 0.874. The molecule has 0 bridgehead atoms. The van der Waals surface area contributed by atoms with Gasteiger partial charge < -0.3 is 14.6 Å². The highest BCUT2D eigenvalue weighted by Gasteiger charge is 2.18. The van der Waals surface area contributed by atoms with Gasteiger partial charge in [-0.25, -0.2) is 0 Å². The average Bonchev–Trinajstić information content (AvgIpc) is 2.86. The second-order valence-corrected chi connectivity index (χ2v) is 7.27. The van der Waals surface area contributed by atoms with Crippen molar-refractivity contribution in [1.82, 2.24) is 10.2 Å². The number of furan rings is 1. The Kier molecular flexibility index (Phi) is 5.88. The van der Waals surface area contributed by atoms with Crippen molar-refractivity contribution in [1.29, 1.82) is 0 Å². The summed E-state index contributed by atoms with van der Waals surface area (Å²) in [4.78, 5) is 25.7. The second-order valence-electron chi connectivity index (χ2n) is 7.27. The van der Waals surface area contributed by atoms with Crippen molar-refractivity contribution in [2.45, 2.75) is 53.0 Å². The Morgan fingerprint density at radius 1 is 1.20 bits per heavy atom. The highest BCUT2D eigenvalue weighted by molar-refractivity contribution is 5.90. The largest absolute Gasteiger partial charge is 0.464 e. The number of hydrogen-bond donors (Lipinski definition) is 1. The van der Waals surface area contributed by atoms with Crippen LogP contribution in [0.1, 0.15) is 50.3 Å². The number of carbonyl (C=O) groups is 2. The molecular weight excluding hydrogens is 316 g/mol. The molecule has 25 heavy (non-hydrogen) atoms. The summed E-state index contributed by atoms with van der Waals surface area (Å²) in [6.45, 7) is 10.2. The van der Waals surface area contributed by atoms with Crippen LogP contribution in [0.3, 0.4) is 0 Å². The van der Waals surface area contributed by atoms with E-state index in [1.54, 1.807) is 13.3 Å². The lowest BCUT2D eigenvalue weighted by molar-refractivity contribution is -0.134. The highest BCUT2D eigenvalue weighted by Crippen LogP contribution is 2.29. The van der Waals surface area contributed by atoms with Crippen molar-refractivity contribution < 1.29 is 14.0 Å². The number of nitrogens with zero attached hydrogens (tertiary/aromatic N) is 1. The molecule has 0 aliphatic rings. The number of benzene rings is 1. The zero-order chi connectivity index (χ0) is 18.7. The Bertz CT molecular complexity index is 775. The van der Waals surface area contributed by atoms with Crippen LogP contribution in [-0.2, 0) is 16.0 Å². The van der Waals surface area contributed by atoms with Crippen molar-refractivity contribution in [2.75, 3.05) is 13.6 Å². The summed E-state index contributed by atoms with van der Waals surface area (Å²) in [5.74, 6) is 0.152. The molecule has 1 aromatic carbocycles. The Balaban J connectivity index is 2.15. The van der Waals surface area contributed by atoms with Crippen molar-refractivity contribution in [3.8, 4) is 0 Å². The van der Waals surface area contributed by atoms with E-state index in [9.17, 15) is 9.59 Å². The predicted octanol–water partition coefficient (Wildman–Crippen LogP) is 3.39. The summed E-state index contributed by atoms with van der Waals surface area (Å²) in [6, 6.07) is 4.21. The Morgan fingerprint density at radius 3 is 2.48 bits per heavy atom. The van der Waals surface area contributed by atoms with Gasteiger partial charge in [-0.3, -0.25) is 9.59 Å². The smallest absolute Gasteiger partial charge is 0.239 e.